The van der Waals surface area contributed by atoms with E-state index in [2.05, 4.69) is 20.8 Å². The second-order valence-corrected chi connectivity index (χ2v) is 5.53. The van der Waals surface area contributed by atoms with E-state index in [1.54, 1.807) is 18.2 Å². The summed E-state index contributed by atoms with van der Waals surface area (Å²) in [4.78, 5) is 3.25. The fraction of sp³-hybridized carbons (Fsp3) is 0.0714. The van der Waals surface area contributed by atoms with Crippen molar-refractivity contribution in [3.63, 3.8) is 0 Å². The van der Waals surface area contributed by atoms with E-state index in [0.717, 1.165) is 4.47 Å². The molecule has 0 fully saturated rings. The van der Waals surface area contributed by atoms with Gasteiger partial charge in [-0.2, -0.15) is 0 Å². The van der Waals surface area contributed by atoms with Gasteiger partial charge in [-0.3, -0.25) is 0 Å². The van der Waals surface area contributed by atoms with Crippen molar-refractivity contribution in [2.24, 2.45) is 0 Å². The first-order chi connectivity index (χ1) is 9.55. The van der Waals surface area contributed by atoms with Crippen LogP contribution in [0.2, 0.25) is 10.0 Å². The minimum Gasteiger partial charge on any atom is -0.457 e. The molecule has 0 aliphatic carbocycles. The molecular formula is C14H8BrCl2NO2. The molecule has 2 aromatic carbocycles. The molecule has 0 amide bonds. The number of aliphatic hydroxyl groups excluding tert-OH is 1. The van der Waals surface area contributed by atoms with Crippen LogP contribution in [-0.4, -0.2) is 5.11 Å². The van der Waals surface area contributed by atoms with Crippen molar-refractivity contribution in [1.29, 1.82) is 0 Å². The lowest BCUT2D eigenvalue weighted by Gasteiger charge is -2.10. The van der Waals surface area contributed by atoms with Crippen LogP contribution in [0.1, 0.15) is 5.56 Å². The van der Waals surface area contributed by atoms with Crippen LogP contribution in [0, 0.1) is 6.57 Å². The van der Waals surface area contributed by atoms with Crippen LogP contribution in [0.15, 0.2) is 34.8 Å². The molecule has 1 N–H and O–H groups in total. The van der Waals surface area contributed by atoms with Gasteiger partial charge in [0.2, 0.25) is 5.69 Å². The van der Waals surface area contributed by atoms with Crippen LogP contribution < -0.4 is 4.74 Å². The Morgan fingerprint density at radius 2 is 1.80 bits per heavy atom. The highest BCUT2D eigenvalue weighted by atomic mass is 79.9. The van der Waals surface area contributed by atoms with Gasteiger partial charge in [0.1, 0.15) is 11.5 Å². The lowest BCUT2D eigenvalue weighted by molar-refractivity contribution is 0.280. The summed E-state index contributed by atoms with van der Waals surface area (Å²) in [5.74, 6) is 0.971. The summed E-state index contributed by atoms with van der Waals surface area (Å²) in [5, 5.41) is 9.68. The van der Waals surface area contributed by atoms with E-state index in [1.165, 1.54) is 12.1 Å². The molecule has 0 aromatic heterocycles. The quantitative estimate of drug-likeness (QED) is 0.712. The molecule has 102 valence electrons. The van der Waals surface area contributed by atoms with Gasteiger partial charge in [0.25, 0.3) is 0 Å². The zero-order valence-electron chi connectivity index (χ0n) is 10.0. The number of benzene rings is 2. The van der Waals surface area contributed by atoms with Gasteiger partial charge in [0.15, 0.2) is 0 Å². The van der Waals surface area contributed by atoms with E-state index < -0.39 is 0 Å². The van der Waals surface area contributed by atoms with Crippen molar-refractivity contribution in [2.45, 2.75) is 6.61 Å². The molecule has 6 heteroatoms. The molecule has 0 heterocycles. The molecule has 0 aliphatic heterocycles. The highest BCUT2D eigenvalue weighted by Gasteiger charge is 2.10. The highest BCUT2D eigenvalue weighted by molar-refractivity contribution is 9.10. The van der Waals surface area contributed by atoms with Crippen LogP contribution in [0.5, 0.6) is 11.5 Å². The summed E-state index contributed by atoms with van der Waals surface area (Å²) < 4.78 is 6.43. The van der Waals surface area contributed by atoms with Gasteiger partial charge < -0.3 is 9.84 Å². The van der Waals surface area contributed by atoms with E-state index in [4.69, 9.17) is 34.5 Å². The van der Waals surface area contributed by atoms with E-state index >= 15 is 0 Å². The minimum absolute atomic E-state index is 0.101. The average Bonchev–Trinajstić information content (AvgIpc) is 2.40. The summed E-state index contributed by atoms with van der Waals surface area (Å²) in [6, 6.07) is 8.28. The SMILES string of the molecule is [C-]#[N+]c1c(Cl)cc(Oc2ccc(Br)c(CO)c2)cc1Cl. The van der Waals surface area contributed by atoms with Crippen LogP contribution in [0.3, 0.4) is 0 Å². The first-order valence-corrected chi connectivity index (χ1v) is 7.03. The maximum Gasteiger partial charge on any atom is 0.223 e. The smallest absolute Gasteiger partial charge is 0.223 e. The largest absolute Gasteiger partial charge is 0.457 e. The lowest BCUT2D eigenvalue weighted by atomic mass is 10.2. The third-order valence-corrected chi connectivity index (χ3v) is 3.88. The summed E-state index contributed by atoms with van der Waals surface area (Å²) in [6.07, 6.45) is 0. The molecule has 0 bridgehead atoms. The van der Waals surface area contributed by atoms with Gasteiger partial charge >= 0.3 is 0 Å². The second-order valence-electron chi connectivity index (χ2n) is 3.86. The van der Waals surface area contributed by atoms with Crippen molar-refractivity contribution in [3.05, 3.63) is 61.8 Å². The van der Waals surface area contributed by atoms with Crippen molar-refractivity contribution >= 4 is 44.8 Å². The number of hydrogen-bond donors (Lipinski definition) is 1. The van der Waals surface area contributed by atoms with Crippen LogP contribution in [0.25, 0.3) is 4.85 Å². The number of halogens is 3. The first-order valence-electron chi connectivity index (χ1n) is 5.48. The average molecular weight is 373 g/mol. The Labute approximate surface area is 134 Å². The topological polar surface area (TPSA) is 33.8 Å². The molecule has 0 spiro atoms. The van der Waals surface area contributed by atoms with E-state index in [1.807, 2.05) is 0 Å². The number of ether oxygens (including phenoxy) is 1. The van der Waals surface area contributed by atoms with Crippen LogP contribution >= 0.6 is 39.1 Å². The second kappa shape index (κ2) is 6.47. The maximum absolute atomic E-state index is 9.20. The number of rotatable bonds is 3. The minimum atomic E-state index is -0.101. The van der Waals surface area contributed by atoms with Crippen molar-refractivity contribution in [1.82, 2.24) is 0 Å². The molecule has 2 aromatic rings. The van der Waals surface area contributed by atoms with E-state index in [-0.39, 0.29) is 22.3 Å². The fourth-order valence-corrected chi connectivity index (χ4v) is 2.50. The van der Waals surface area contributed by atoms with Gasteiger partial charge in [-0.15, -0.1) is 0 Å². The normalized spacial score (nSPS) is 10.2. The summed E-state index contributed by atoms with van der Waals surface area (Å²) >= 11 is 15.2. The first kappa shape index (κ1) is 15.1. The Balaban J connectivity index is 2.33. The Morgan fingerprint density at radius 1 is 1.15 bits per heavy atom. The number of hydrogen-bond acceptors (Lipinski definition) is 2. The lowest BCUT2D eigenvalue weighted by Crippen LogP contribution is -1.89. The third-order valence-electron chi connectivity index (χ3n) is 2.53. The molecule has 0 unspecified atom stereocenters. The molecule has 0 saturated carbocycles. The Kier molecular flexibility index (Phi) is 4.90. The molecule has 3 nitrogen and oxygen atoms in total. The number of aliphatic hydroxyl groups is 1. The van der Waals surface area contributed by atoms with Crippen molar-refractivity contribution in [3.8, 4) is 11.5 Å². The standard InChI is InChI=1S/C14H8BrCl2NO2/c1-18-14-12(16)5-10(6-13(14)17)20-9-2-3-11(15)8(4-9)7-19/h2-6,19H,7H2. The van der Waals surface area contributed by atoms with Crippen LogP contribution in [0.4, 0.5) is 5.69 Å². The summed E-state index contributed by atoms with van der Waals surface area (Å²) in [6.45, 7) is 6.87. The maximum atomic E-state index is 9.20. The highest BCUT2D eigenvalue weighted by Crippen LogP contribution is 2.38. The zero-order chi connectivity index (χ0) is 14.7. The van der Waals surface area contributed by atoms with Crippen LogP contribution in [-0.2, 0) is 6.61 Å². The molecule has 20 heavy (non-hydrogen) atoms. The van der Waals surface area contributed by atoms with Crippen molar-refractivity contribution in [2.75, 3.05) is 0 Å². The van der Waals surface area contributed by atoms with Gasteiger partial charge in [0.05, 0.1) is 23.2 Å². The van der Waals surface area contributed by atoms with Gasteiger partial charge in [-0.25, -0.2) is 4.85 Å². The van der Waals surface area contributed by atoms with E-state index in [0.29, 0.717) is 17.1 Å². The van der Waals surface area contributed by atoms with Gasteiger partial charge in [-0.1, -0.05) is 39.1 Å². The zero-order valence-corrected chi connectivity index (χ0v) is 13.1. The Bertz CT molecular complexity index is 675. The molecule has 0 aliphatic rings. The summed E-state index contributed by atoms with van der Waals surface area (Å²) in [7, 11) is 0. The third kappa shape index (κ3) is 3.25. The van der Waals surface area contributed by atoms with Gasteiger partial charge in [-0.05, 0) is 35.9 Å². The van der Waals surface area contributed by atoms with E-state index in [9.17, 15) is 5.11 Å². The predicted octanol–water partition coefficient (Wildman–Crippen LogP) is 5.59. The molecular weight excluding hydrogens is 365 g/mol. The molecule has 0 atom stereocenters. The molecule has 2 rings (SSSR count). The Hall–Kier alpha value is -1.25. The van der Waals surface area contributed by atoms with Crippen molar-refractivity contribution < 1.29 is 9.84 Å². The predicted molar refractivity (Wildman–Crippen MR) is 82.9 cm³/mol. The number of nitrogens with zero attached hydrogens (tertiary/aromatic N) is 1. The monoisotopic (exact) mass is 371 g/mol. The molecule has 0 radical (unpaired) electrons. The fourth-order valence-electron chi connectivity index (χ4n) is 1.58. The Morgan fingerprint density at radius 3 is 2.35 bits per heavy atom. The summed E-state index contributed by atoms with van der Waals surface area (Å²) in [5.41, 5.74) is 0.907. The molecule has 0 saturated heterocycles. The van der Waals surface area contributed by atoms with Gasteiger partial charge in [0, 0.05) is 4.47 Å².